The fourth-order valence-corrected chi connectivity index (χ4v) is 8.66. The molecular formula is C38H42F3N5O6S. The normalized spacial score (nSPS) is 20.2. The van der Waals surface area contributed by atoms with Crippen LogP contribution < -0.4 is 10.6 Å². The summed E-state index contributed by atoms with van der Waals surface area (Å²) in [6.07, 6.45) is -3.90. The Kier molecular flexibility index (Phi) is 12.0. The summed E-state index contributed by atoms with van der Waals surface area (Å²) in [6, 6.07) is 23.5. The molecule has 2 aliphatic rings. The number of rotatable bonds is 13. The third-order valence-electron chi connectivity index (χ3n) is 9.54. The highest BCUT2D eigenvalue weighted by molar-refractivity contribution is 7.90. The Morgan fingerprint density at radius 2 is 1.74 bits per heavy atom. The maximum atomic E-state index is 13.9. The van der Waals surface area contributed by atoms with Gasteiger partial charge in [0.15, 0.2) is 15.6 Å². The molecule has 11 nitrogen and oxygen atoms in total. The van der Waals surface area contributed by atoms with Crippen molar-refractivity contribution < 1.29 is 40.7 Å². The lowest BCUT2D eigenvalue weighted by Gasteiger charge is -2.41. The Balaban J connectivity index is 1.15. The van der Waals surface area contributed by atoms with E-state index >= 15 is 0 Å². The number of benzene rings is 2. The second-order valence-corrected chi connectivity index (χ2v) is 15.8. The number of nitrogens with one attached hydrogen (secondary N) is 2. The molecule has 282 valence electrons. The molecular weight excluding hydrogens is 712 g/mol. The van der Waals surface area contributed by atoms with Gasteiger partial charge >= 0.3 is 6.18 Å². The van der Waals surface area contributed by atoms with Crippen LogP contribution in [-0.2, 0) is 38.1 Å². The zero-order valence-corrected chi connectivity index (χ0v) is 29.7. The number of fused-ring (bicyclic) bond motifs is 1. The number of sulfone groups is 1. The van der Waals surface area contributed by atoms with E-state index in [0.29, 0.717) is 35.9 Å². The number of pyridine rings is 1. The number of carbonyl (C=O) groups is 2. The summed E-state index contributed by atoms with van der Waals surface area (Å²) in [5.41, 5.74) is 2.83. The van der Waals surface area contributed by atoms with Crippen LogP contribution >= 0.6 is 0 Å². The SMILES string of the molecule is O=C(NC1CS(=O)(=O)Cc2ccccc21)[C@H](Cc1ccccc1)C[C@H](O)CN1CCN(Cc2ccc(-c3ccccn3)o2)C[C@H]1C(=O)NCC(F)(F)F. The Morgan fingerprint density at radius 1 is 0.981 bits per heavy atom. The largest absolute Gasteiger partial charge is 0.458 e. The Bertz CT molecular complexity index is 1960. The number of aromatic nitrogens is 1. The lowest BCUT2D eigenvalue weighted by molar-refractivity contribution is -0.143. The smallest absolute Gasteiger partial charge is 0.405 e. The van der Waals surface area contributed by atoms with E-state index in [2.05, 4.69) is 10.3 Å². The molecule has 53 heavy (non-hydrogen) atoms. The fraction of sp³-hybridized carbons (Fsp3) is 0.395. The van der Waals surface area contributed by atoms with Crippen molar-refractivity contribution in [1.29, 1.82) is 0 Å². The number of halogens is 3. The van der Waals surface area contributed by atoms with Crippen molar-refractivity contribution >= 4 is 21.7 Å². The highest BCUT2D eigenvalue weighted by Crippen LogP contribution is 2.29. The Hall–Kier alpha value is -4.57. The van der Waals surface area contributed by atoms with Crippen molar-refractivity contribution in [3.8, 4) is 11.5 Å². The summed E-state index contributed by atoms with van der Waals surface area (Å²) in [4.78, 5) is 35.0. The van der Waals surface area contributed by atoms with E-state index in [0.717, 1.165) is 11.1 Å². The average molecular weight is 754 g/mol. The second-order valence-electron chi connectivity index (χ2n) is 13.7. The molecule has 2 aromatic heterocycles. The molecule has 0 spiro atoms. The topological polar surface area (TPSA) is 145 Å². The lowest BCUT2D eigenvalue weighted by atomic mass is 9.91. The van der Waals surface area contributed by atoms with E-state index < -0.39 is 58.5 Å². The zero-order chi connectivity index (χ0) is 37.6. The van der Waals surface area contributed by atoms with Crippen LogP contribution in [0.15, 0.2) is 95.5 Å². The second kappa shape index (κ2) is 16.6. The molecule has 4 atom stereocenters. The number of alkyl halides is 3. The van der Waals surface area contributed by atoms with Crippen LogP contribution in [0.25, 0.3) is 11.5 Å². The first-order valence-corrected chi connectivity index (χ1v) is 19.3. The number of β-amino-alcohol motifs (C(OH)–C–C–N with tert-alkyl or cyclic N) is 1. The molecule has 0 bridgehead atoms. The molecule has 4 heterocycles. The monoisotopic (exact) mass is 753 g/mol. The van der Waals surface area contributed by atoms with Gasteiger partial charge < -0.3 is 20.2 Å². The van der Waals surface area contributed by atoms with Crippen LogP contribution in [0.2, 0.25) is 0 Å². The van der Waals surface area contributed by atoms with Gasteiger partial charge in [-0.3, -0.25) is 24.4 Å². The first-order chi connectivity index (χ1) is 25.3. The van der Waals surface area contributed by atoms with Crippen molar-refractivity contribution in [1.82, 2.24) is 25.4 Å². The summed E-state index contributed by atoms with van der Waals surface area (Å²) in [5.74, 6) is -1.25. The Labute approximate surface area is 306 Å². The van der Waals surface area contributed by atoms with Crippen molar-refractivity contribution in [2.45, 2.75) is 49.5 Å². The van der Waals surface area contributed by atoms with Crippen LogP contribution in [0.1, 0.15) is 34.9 Å². The van der Waals surface area contributed by atoms with Gasteiger partial charge in [-0.1, -0.05) is 60.7 Å². The van der Waals surface area contributed by atoms with Gasteiger partial charge in [0.05, 0.1) is 30.2 Å². The molecule has 2 aromatic carbocycles. The Morgan fingerprint density at radius 3 is 2.49 bits per heavy atom. The molecule has 3 N–H and O–H groups in total. The minimum absolute atomic E-state index is 0.0400. The summed E-state index contributed by atoms with van der Waals surface area (Å²) >= 11 is 0. The third kappa shape index (κ3) is 10.5. The van der Waals surface area contributed by atoms with Crippen molar-refractivity contribution in [3.63, 3.8) is 0 Å². The number of carbonyl (C=O) groups excluding carboxylic acids is 2. The molecule has 6 rings (SSSR count). The average Bonchev–Trinajstić information content (AvgIpc) is 3.59. The van der Waals surface area contributed by atoms with Crippen molar-refractivity contribution in [2.75, 3.05) is 38.5 Å². The molecule has 2 amide bonds. The van der Waals surface area contributed by atoms with Crippen molar-refractivity contribution in [2.24, 2.45) is 5.92 Å². The molecule has 0 saturated carbocycles. The molecule has 2 aliphatic heterocycles. The van der Waals surface area contributed by atoms with E-state index in [9.17, 15) is 36.3 Å². The molecule has 15 heteroatoms. The minimum Gasteiger partial charge on any atom is -0.458 e. The number of nitrogens with zero attached hydrogens (tertiary/aromatic N) is 3. The van der Waals surface area contributed by atoms with Gasteiger partial charge in [-0.25, -0.2) is 8.42 Å². The molecule has 0 radical (unpaired) electrons. The van der Waals surface area contributed by atoms with Gasteiger partial charge in [0, 0.05) is 38.3 Å². The molecule has 1 fully saturated rings. The maximum absolute atomic E-state index is 13.9. The molecule has 1 unspecified atom stereocenters. The van der Waals surface area contributed by atoms with Crippen molar-refractivity contribution in [3.05, 3.63) is 114 Å². The molecule has 0 aliphatic carbocycles. The summed E-state index contributed by atoms with van der Waals surface area (Å²) in [6.45, 7) is -0.531. The first-order valence-electron chi connectivity index (χ1n) is 17.4. The van der Waals surface area contributed by atoms with Crippen LogP contribution in [0.4, 0.5) is 13.2 Å². The summed E-state index contributed by atoms with van der Waals surface area (Å²) in [7, 11) is -3.47. The molecule has 4 aromatic rings. The molecule has 1 saturated heterocycles. The minimum atomic E-state index is -4.61. The first kappa shape index (κ1) is 38.2. The quantitative estimate of drug-likeness (QED) is 0.185. The highest BCUT2D eigenvalue weighted by atomic mass is 32.2. The number of hydrogen-bond acceptors (Lipinski definition) is 9. The third-order valence-corrected chi connectivity index (χ3v) is 11.1. The fourth-order valence-electron chi connectivity index (χ4n) is 7.03. The number of aliphatic hydroxyl groups excluding tert-OH is 1. The van der Waals surface area contributed by atoms with Gasteiger partial charge in [-0.2, -0.15) is 13.2 Å². The number of hydrogen-bond donors (Lipinski definition) is 3. The van der Waals surface area contributed by atoms with Crippen LogP contribution in [0.5, 0.6) is 0 Å². The van der Waals surface area contributed by atoms with E-state index in [-0.39, 0.29) is 44.0 Å². The summed E-state index contributed by atoms with van der Waals surface area (Å²) in [5, 5.41) is 16.4. The van der Waals surface area contributed by atoms with Crippen LogP contribution in [0, 0.1) is 5.92 Å². The summed E-state index contributed by atoms with van der Waals surface area (Å²) < 4.78 is 70.8. The highest BCUT2D eigenvalue weighted by Gasteiger charge is 2.38. The van der Waals surface area contributed by atoms with Gasteiger partial charge in [0.2, 0.25) is 11.8 Å². The van der Waals surface area contributed by atoms with E-state index in [1.165, 1.54) is 0 Å². The lowest BCUT2D eigenvalue weighted by Crippen LogP contribution is -2.60. The van der Waals surface area contributed by atoms with E-state index in [4.69, 9.17) is 4.42 Å². The van der Waals surface area contributed by atoms with Crippen LogP contribution in [-0.4, -0.2) is 96.9 Å². The van der Waals surface area contributed by atoms with Crippen LogP contribution in [0.3, 0.4) is 0 Å². The van der Waals surface area contributed by atoms with Gasteiger partial charge in [0.1, 0.15) is 24.0 Å². The number of furan rings is 1. The maximum Gasteiger partial charge on any atom is 0.405 e. The predicted octanol–water partition coefficient (Wildman–Crippen LogP) is 3.90. The number of piperazine rings is 1. The number of amides is 2. The number of aliphatic hydroxyl groups is 1. The van der Waals surface area contributed by atoms with E-state index in [1.54, 1.807) is 59.6 Å². The van der Waals surface area contributed by atoms with Gasteiger partial charge in [0.25, 0.3) is 0 Å². The van der Waals surface area contributed by atoms with E-state index in [1.807, 2.05) is 46.6 Å². The zero-order valence-electron chi connectivity index (χ0n) is 28.9. The standard InChI is InChI=1S/C38H42F3N5O6S/c39-38(40,41)25-43-37(49)34-22-45(21-30-13-14-35(52-30)32-12-6-7-15-42-32)16-17-46(34)20-29(47)19-28(18-26-8-2-1-3-9-26)36(48)44-33-24-53(50,51)23-27-10-4-5-11-31(27)33/h1-15,28-29,33-34,47H,16-25H2,(H,43,49)(H,44,48)/t28-,29+,33?,34+/m1/s1. The predicted molar refractivity (Wildman–Crippen MR) is 191 cm³/mol. The van der Waals surface area contributed by atoms with Gasteiger partial charge in [-0.05, 0) is 53.8 Å². The van der Waals surface area contributed by atoms with Gasteiger partial charge in [-0.15, -0.1) is 0 Å².